The van der Waals surface area contributed by atoms with E-state index >= 15 is 0 Å². The number of aliphatic hydroxyl groups excluding tert-OH is 1. The molecule has 1 aliphatic heterocycles. The van der Waals surface area contributed by atoms with E-state index in [-0.39, 0.29) is 30.6 Å². The van der Waals surface area contributed by atoms with Crippen LogP contribution >= 0.6 is 0 Å². The zero-order valence-corrected chi connectivity index (χ0v) is 24.0. The highest BCUT2D eigenvalue weighted by Crippen LogP contribution is 2.31. The summed E-state index contributed by atoms with van der Waals surface area (Å²) in [6.07, 6.45) is 10.2. The lowest BCUT2D eigenvalue weighted by Crippen LogP contribution is -2.49. The minimum atomic E-state index is -0.222. The van der Waals surface area contributed by atoms with Gasteiger partial charge in [0.2, 0.25) is 5.95 Å². The fourth-order valence-corrected chi connectivity index (χ4v) is 5.71. The van der Waals surface area contributed by atoms with Crippen LogP contribution in [0.1, 0.15) is 31.2 Å². The zero-order valence-electron chi connectivity index (χ0n) is 24.0. The molecule has 12 heteroatoms. The van der Waals surface area contributed by atoms with Gasteiger partial charge in [-0.1, -0.05) is 18.2 Å². The van der Waals surface area contributed by atoms with E-state index in [9.17, 15) is 15.2 Å². The van der Waals surface area contributed by atoms with E-state index in [0.29, 0.717) is 36.2 Å². The quantitative estimate of drug-likeness (QED) is 0.282. The number of rotatable bonds is 8. The lowest BCUT2D eigenvalue weighted by atomic mass is 9.90. The molecule has 1 aliphatic carbocycles. The topological polar surface area (TPSA) is 148 Å². The van der Waals surface area contributed by atoms with Crippen molar-refractivity contribution in [3.8, 4) is 17.2 Å². The van der Waals surface area contributed by atoms with Gasteiger partial charge in [0.05, 0.1) is 12.4 Å². The number of aromatic nitrogens is 5. The van der Waals surface area contributed by atoms with Gasteiger partial charge in [-0.05, 0) is 49.9 Å². The lowest BCUT2D eigenvalue weighted by Gasteiger charge is -2.39. The molecule has 1 aromatic carbocycles. The predicted molar refractivity (Wildman–Crippen MR) is 164 cm³/mol. The standard InChI is InChI=1S/C31H34N10O2/c1-39-19-24(16-35-39)22-7-12-28(33-14-22)41(31(43)37-25-5-3-2-4-6-25)27-10-8-26(9-11-27)36-30-34-15-23(13-32)29(38-30)40-17-21(18-40)20-42/h2-7,12,14-16,19,21,26-27,42H,8-11,17-18,20H2,1H3,(H,37,43)(H,34,36,38). The molecule has 2 amide bonds. The minimum Gasteiger partial charge on any atom is -0.396 e. The maximum Gasteiger partial charge on any atom is 0.327 e. The average Bonchev–Trinajstić information content (AvgIpc) is 3.45. The van der Waals surface area contributed by atoms with Gasteiger partial charge in [-0.3, -0.25) is 9.58 Å². The first-order valence-corrected chi connectivity index (χ1v) is 14.5. The third kappa shape index (κ3) is 6.27. The number of nitrogens with zero attached hydrogens (tertiary/aromatic N) is 8. The predicted octanol–water partition coefficient (Wildman–Crippen LogP) is 4.03. The summed E-state index contributed by atoms with van der Waals surface area (Å²) in [5, 5.41) is 29.6. The van der Waals surface area contributed by atoms with Gasteiger partial charge in [-0.15, -0.1) is 0 Å². The first kappa shape index (κ1) is 28.1. The Morgan fingerprint density at radius 2 is 1.84 bits per heavy atom. The van der Waals surface area contributed by atoms with Crippen LogP contribution in [0.15, 0.2) is 67.3 Å². The number of aryl methyl sites for hydroxylation is 1. The van der Waals surface area contributed by atoms with Gasteiger partial charge in [0.1, 0.15) is 17.5 Å². The highest BCUT2D eigenvalue weighted by atomic mass is 16.3. The van der Waals surface area contributed by atoms with Crippen LogP contribution in [0.25, 0.3) is 11.1 Å². The molecular weight excluding hydrogens is 544 g/mol. The van der Waals surface area contributed by atoms with Crippen molar-refractivity contribution in [2.75, 3.05) is 40.1 Å². The molecule has 43 heavy (non-hydrogen) atoms. The van der Waals surface area contributed by atoms with Gasteiger partial charge in [-0.25, -0.2) is 14.8 Å². The Labute approximate surface area is 250 Å². The molecule has 220 valence electrons. The monoisotopic (exact) mass is 578 g/mol. The molecule has 3 aromatic heterocycles. The Bertz CT molecular complexity index is 1590. The maximum absolute atomic E-state index is 13.7. The van der Waals surface area contributed by atoms with Gasteiger partial charge in [0.15, 0.2) is 5.82 Å². The molecule has 4 aromatic rings. The molecule has 2 aliphatic rings. The van der Waals surface area contributed by atoms with Gasteiger partial charge >= 0.3 is 6.03 Å². The Kier molecular flexibility index (Phi) is 8.15. The smallest absolute Gasteiger partial charge is 0.327 e. The van der Waals surface area contributed by atoms with Crippen molar-refractivity contribution in [1.29, 1.82) is 5.26 Å². The second-order valence-electron chi connectivity index (χ2n) is 11.1. The van der Waals surface area contributed by atoms with Crippen molar-refractivity contribution in [3.63, 3.8) is 0 Å². The average molecular weight is 579 g/mol. The zero-order chi connectivity index (χ0) is 29.8. The number of amides is 2. The van der Waals surface area contributed by atoms with Gasteiger partial charge in [0.25, 0.3) is 0 Å². The van der Waals surface area contributed by atoms with Crippen molar-refractivity contribution in [2.45, 2.75) is 37.8 Å². The van der Waals surface area contributed by atoms with Crippen LogP contribution in [0.2, 0.25) is 0 Å². The maximum atomic E-state index is 13.7. The summed E-state index contributed by atoms with van der Waals surface area (Å²) in [6, 6.07) is 15.3. The lowest BCUT2D eigenvalue weighted by molar-refractivity contribution is 0.200. The van der Waals surface area contributed by atoms with Gasteiger partial charge in [-0.2, -0.15) is 15.3 Å². The fraction of sp³-hybridized carbons (Fsp3) is 0.355. The number of nitrogens with one attached hydrogen (secondary N) is 2. The van der Waals surface area contributed by atoms with E-state index in [4.69, 9.17) is 4.98 Å². The number of carbonyl (C=O) groups excluding carboxylic acids is 1. The number of urea groups is 1. The van der Waals surface area contributed by atoms with E-state index < -0.39 is 0 Å². The molecule has 4 heterocycles. The van der Waals surface area contributed by atoms with Crippen LogP contribution in [0.5, 0.6) is 0 Å². The number of anilines is 4. The Hall–Kier alpha value is -5.02. The van der Waals surface area contributed by atoms with Crippen molar-refractivity contribution in [3.05, 3.63) is 72.8 Å². The minimum absolute atomic E-state index is 0.0487. The molecule has 0 atom stereocenters. The second kappa shape index (κ2) is 12.5. The first-order valence-electron chi connectivity index (χ1n) is 14.5. The van der Waals surface area contributed by atoms with E-state index in [1.165, 1.54) is 0 Å². The van der Waals surface area contributed by atoms with Gasteiger partial charge in [0, 0.05) is 74.0 Å². The van der Waals surface area contributed by atoms with E-state index in [2.05, 4.69) is 31.8 Å². The molecule has 3 N–H and O–H groups in total. The molecule has 0 spiro atoms. The number of hydrogen-bond donors (Lipinski definition) is 3. The third-order valence-corrected chi connectivity index (χ3v) is 8.08. The number of hydrogen-bond acceptors (Lipinski definition) is 9. The Morgan fingerprint density at radius 3 is 2.49 bits per heavy atom. The van der Waals surface area contributed by atoms with Gasteiger partial charge < -0.3 is 20.6 Å². The van der Waals surface area contributed by atoms with Crippen molar-refractivity contribution in [2.24, 2.45) is 13.0 Å². The number of carbonyl (C=O) groups is 1. The molecular formula is C31H34N10O2. The number of pyridine rings is 1. The number of nitriles is 1. The summed E-state index contributed by atoms with van der Waals surface area (Å²) in [6.45, 7) is 1.47. The largest absolute Gasteiger partial charge is 0.396 e. The summed E-state index contributed by atoms with van der Waals surface area (Å²) in [5.74, 6) is 1.88. The summed E-state index contributed by atoms with van der Waals surface area (Å²) in [5.41, 5.74) is 3.04. The molecule has 12 nitrogen and oxygen atoms in total. The summed E-state index contributed by atoms with van der Waals surface area (Å²) in [4.78, 5) is 31.2. The van der Waals surface area contributed by atoms with Crippen LogP contribution in [0.4, 0.5) is 28.1 Å². The normalized spacial score (nSPS) is 18.4. The molecule has 6 rings (SSSR count). The highest BCUT2D eigenvalue weighted by molar-refractivity contribution is 6.01. The van der Waals surface area contributed by atoms with Crippen LogP contribution < -0.4 is 20.4 Å². The summed E-state index contributed by atoms with van der Waals surface area (Å²) in [7, 11) is 1.87. The van der Waals surface area contributed by atoms with Crippen LogP contribution in [-0.4, -0.2) is 67.7 Å². The second-order valence-corrected chi connectivity index (χ2v) is 11.1. The Balaban J connectivity index is 1.15. The Morgan fingerprint density at radius 1 is 1.05 bits per heavy atom. The molecule has 1 saturated carbocycles. The van der Waals surface area contributed by atoms with Crippen molar-refractivity contribution >= 4 is 29.3 Å². The SMILES string of the molecule is Cn1cc(-c2ccc(N(C(=O)Nc3ccccc3)C3CCC(Nc4ncc(C#N)c(N5CC(CO)C5)n4)CC3)nc2)cn1. The highest BCUT2D eigenvalue weighted by Gasteiger charge is 2.32. The summed E-state index contributed by atoms with van der Waals surface area (Å²) >= 11 is 0. The molecule has 0 unspecified atom stereocenters. The molecule has 2 fully saturated rings. The van der Waals surface area contributed by atoms with E-state index in [1.807, 2.05) is 60.6 Å². The molecule has 0 radical (unpaired) electrons. The van der Waals surface area contributed by atoms with Crippen molar-refractivity contribution < 1.29 is 9.90 Å². The van der Waals surface area contributed by atoms with Crippen LogP contribution in [-0.2, 0) is 7.05 Å². The summed E-state index contributed by atoms with van der Waals surface area (Å²) < 4.78 is 1.75. The number of benzene rings is 1. The number of para-hydroxylation sites is 1. The first-order chi connectivity index (χ1) is 21.0. The van der Waals surface area contributed by atoms with Crippen LogP contribution in [0, 0.1) is 17.2 Å². The van der Waals surface area contributed by atoms with E-state index in [0.717, 1.165) is 42.5 Å². The molecule has 0 bridgehead atoms. The molecule has 1 saturated heterocycles. The van der Waals surface area contributed by atoms with Crippen molar-refractivity contribution in [1.82, 2.24) is 24.7 Å². The van der Waals surface area contributed by atoms with Crippen LogP contribution in [0.3, 0.4) is 0 Å². The fourth-order valence-electron chi connectivity index (χ4n) is 5.71. The number of aliphatic hydroxyl groups is 1. The third-order valence-electron chi connectivity index (χ3n) is 8.08. The van der Waals surface area contributed by atoms with E-state index in [1.54, 1.807) is 28.2 Å².